The number of allylic oxidation sites excluding steroid dienone is 8. The molecule has 11 heteroatoms. The van der Waals surface area contributed by atoms with Crippen LogP contribution in [0.25, 0.3) is 0 Å². The third-order valence-electron chi connectivity index (χ3n) is 8.80. The van der Waals surface area contributed by atoms with Crippen LogP contribution in [-0.2, 0) is 37.5 Å². The van der Waals surface area contributed by atoms with E-state index >= 15 is 0 Å². The zero-order chi connectivity index (χ0) is 40.9. The highest BCUT2D eigenvalue weighted by molar-refractivity contribution is 7.45. The van der Waals surface area contributed by atoms with E-state index in [1.54, 1.807) is 6.08 Å². The molecule has 0 saturated carbocycles. The molecule has 318 valence electrons. The third-order valence-corrected chi connectivity index (χ3v) is 9.76. The molecule has 0 aliphatic carbocycles. The number of ether oxygens (including phenoxy) is 2. The molecule has 10 nitrogen and oxygen atoms in total. The Bertz CT molecular complexity index is 1140. The van der Waals surface area contributed by atoms with Gasteiger partial charge in [-0.3, -0.25) is 18.9 Å². The Kier molecular flexibility index (Phi) is 34.5. The average Bonchev–Trinajstić information content (AvgIpc) is 3.12. The van der Waals surface area contributed by atoms with E-state index < -0.39 is 32.5 Å². The van der Waals surface area contributed by atoms with Gasteiger partial charge in [-0.15, -0.1) is 0 Å². The second kappa shape index (κ2) is 36.0. The highest BCUT2D eigenvalue weighted by Gasteiger charge is 2.21. The van der Waals surface area contributed by atoms with E-state index in [1.807, 2.05) is 33.3 Å². The van der Waals surface area contributed by atoms with Crippen molar-refractivity contribution in [2.45, 2.75) is 168 Å². The Hall–Kier alpha value is -2.36. The SMILES string of the molecule is CCCCC/C=C\C=C\C(=O)CCCCCCCC(=O)OC[C@H](COP(=O)([O-])OCC[N+](C)(C)C)OC(=O)CCCCCCC/C=C\C/C=C\CCCCC. The number of nitrogens with zero attached hydrogens (tertiary/aromatic N) is 1. The van der Waals surface area contributed by atoms with Crippen molar-refractivity contribution < 1.29 is 46.8 Å². The lowest BCUT2D eigenvalue weighted by Crippen LogP contribution is -2.37. The largest absolute Gasteiger partial charge is 0.756 e. The maximum absolute atomic E-state index is 12.6. The minimum Gasteiger partial charge on any atom is -0.756 e. The number of likely N-dealkylation sites (N-methyl/N-ethyl adjacent to an activating group) is 1. The lowest BCUT2D eigenvalue weighted by molar-refractivity contribution is -0.870. The van der Waals surface area contributed by atoms with Gasteiger partial charge in [-0.25, -0.2) is 0 Å². The van der Waals surface area contributed by atoms with Gasteiger partial charge in [-0.2, -0.15) is 0 Å². The van der Waals surface area contributed by atoms with Crippen molar-refractivity contribution >= 4 is 25.5 Å². The summed E-state index contributed by atoms with van der Waals surface area (Å²) in [5, 5.41) is 0. The standard InChI is InChI=1S/C44H78NO9P/c1-6-8-10-12-14-15-16-17-18-19-20-21-23-27-32-36-44(48)54-42(40-53-55(49,50)52-38-37-45(3,4)5)39-51-43(47)35-31-28-24-26-30-34-41(46)33-29-25-22-13-11-9-7-2/h14-15,17-18,22,25,29,33,42H,6-13,16,19-21,23-24,26-28,30-32,34-40H2,1-5H3/b15-14-,18-17-,25-22-,33-29+/t42-/m1/s1. The second-order valence-corrected chi connectivity index (χ2v) is 16.8. The molecular weight excluding hydrogens is 717 g/mol. The fraction of sp³-hybridized carbons (Fsp3) is 0.750. The van der Waals surface area contributed by atoms with Crippen molar-refractivity contribution in [1.29, 1.82) is 0 Å². The minimum absolute atomic E-state index is 0.0548. The van der Waals surface area contributed by atoms with Crippen LogP contribution in [-0.4, -0.2) is 75.8 Å². The molecule has 0 amide bonds. The number of hydrogen-bond acceptors (Lipinski definition) is 9. The smallest absolute Gasteiger partial charge is 0.306 e. The minimum atomic E-state index is -4.65. The number of esters is 2. The molecule has 0 aromatic rings. The van der Waals surface area contributed by atoms with E-state index in [0.717, 1.165) is 77.0 Å². The summed E-state index contributed by atoms with van der Waals surface area (Å²) in [6.07, 6.45) is 36.7. The molecule has 0 aromatic carbocycles. The molecule has 0 bridgehead atoms. The van der Waals surface area contributed by atoms with Gasteiger partial charge in [0.2, 0.25) is 0 Å². The number of ketones is 1. The van der Waals surface area contributed by atoms with Crippen molar-refractivity contribution in [2.75, 3.05) is 47.5 Å². The van der Waals surface area contributed by atoms with Crippen LogP contribution in [0.4, 0.5) is 0 Å². The molecule has 0 N–H and O–H groups in total. The zero-order valence-electron chi connectivity index (χ0n) is 35.4. The Morgan fingerprint density at radius 1 is 0.618 bits per heavy atom. The predicted molar refractivity (Wildman–Crippen MR) is 222 cm³/mol. The number of unbranched alkanes of at least 4 members (excludes halogenated alkanes) is 15. The molecule has 0 aliphatic rings. The van der Waals surface area contributed by atoms with Crippen LogP contribution in [0.15, 0.2) is 48.6 Å². The number of carbonyl (C=O) groups is 3. The summed E-state index contributed by atoms with van der Waals surface area (Å²) < 4.78 is 33.7. The lowest BCUT2D eigenvalue weighted by Gasteiger charge is -2.28. The van der Waals surface area contributed by atoms with E-state index in [9.17, 15) is 23.8 Å². The lowest BCUT2D eigenvalue weighted by atomic mass is 10.1. The van der Waals surface area contributed by atoms with E-state index in [1.165, 1.54) is 38.5 Å². The van der Waals surface area contributed by atoms with Crippen LogP contribution < -0.4 is 4.89 Å². The van der Waals surface area contributed by atoms with Gasteiger partial charge in [-0.1, -0.05) is 121 Å². The number of phosphoric ester groups is 1. The first-order valence-electron chi connectivity index (χ1n) is 21.3. The quantitative estimate of drug-likeness (QED) is 0.0114. The van der Waals surface area contributed by atoms with E-state index in [4.69, 9.17) is 18.5 Å². The summed E-state index contributed by atoms with van der Waals surface area (Å²) in [6, 6.07) is 0. The van der Waals surface area contributed by atoms with E-state index in [0.29, 0.717) is 30.3 Å². The molecule has 0 spiro atoms. The maximum atomic E-state index is 12.6. The highest BCUT2D eigenvalue weighted by atomic mass is 31.2. The van der Waals surface area contributed by atoms with Crippen LogP contribution in [0.5, 0.6) is 0 Å². The first-order chi connectivity index (χ1) is 26.4. The van der Waals surface area contributed by atoms with Crippen molar-refractivity contribution in [3.63, 3.8) is 0 Å². The topological polar surface area (TPSA) is 128 Å². The van der Waals surface area contributed by atoms with Crippen LogP contribution in [0.2, 0.25) is 0 Å². The molecule has 0 rings (SSSR count). The Labute approximate surface area is 335 Å². The summed E-state index contributed by atoms with van der Waals surface area (Å²) >= 11 is 0. The molecule has 0 heterocycles. The van der Waals surface area contributed by atoms with Gasteiger partial charge in [0.05, 0.1) is 27.7 Å². The zero-order valence-corrected chi connectivity index (χ0v) is 36.3. The third kappa shape index (κ3) is 39.7. The summed E-state index contributed by atoms with van der Waals surface area (Å²) in [5.74, 6) is -0.826. The predicted octanol–water partition coefficient (Wildman–Crippen LogP) is 10.5. The van der Waals surface area contributed by atoms with Crippen LogP contribution in [0.3, 0.4) is 0 Å². The molecule has 2 atom stereocenters. The molecule has 1 unspecified atom stereocenters. The first-order valence-corrected chi connectivity index (χ1v) is 22.8. The molecular formula is C44H78NO9P. The van der Waals surface area contributed by atoms with Crippen molar-refractivity contribution in [2.24, 2.45) is 0 Å². The second-order valence-electron chi connectivity index (χ2n) is 15.4. The Morgan fingerprint density at radius 2 is 1.15 bits per heavy atom. The summed E-state index contributed by atoms with van der Waals surface area (Å²) in [5.41, 5.74) is 0. The summed E-state index contributed by atoms with van der Waals surface area (Å²) in [4.78, 5) is 49.5. The number of quaternary nitrogens is 1. The monoisotopic (exact) mass is 796 g/mol. The molecule has 0 aliphatic heterocycles. The summed E-state index contributed by atoms with van der Waals surface area (Å²) in [7, 11) is 1.08. The fourth-order valence-electron chi connectivity index (χ4n) is 5.37. The van der Waals surface area contributed by atoms with Gasteiger partial charge in [0.15, 0.2) is 11.9 Å². The number of hydrogen-bond donors (Lipinski definition) is 0. The van der Waals surface area contributed by atoms with Gasteiger partial charge in [0.25, 0.3) is 7.82 Å². The van der Waals surface area contributed by atoms with Crippen molar-refractivity contribution in [3.8, 4) is 0 Å². The maximum Gasteiger partial charge on any atom is 0.306 e. The normalized spacial score (nSPS) is 14.0. The fourth-order valence-corrected chi connectivity index (χ4v) is 6.10. The van der Waals surface area contributed by atoms with Crippen molar-refractivity contribution in [1.82, 2.24) is 0 Å². The van der Waals surface area contributed by atoms with Crippen molar-refractivity contribution in [3.05, 3.63) is 48.6 Å². The van der Waals surface area contributed by atoms with Crippen LogP contribution in [0.1, 0.15) is 162 Å². The molecule has 0 aromatic heterocycles. The number of rotatable bonds is 38. The van der Waals surface area contributed by atoms with Gasteiger partial charge < -0.3 is 27.9 Å². The first kappa shape index (κ1) is 52.6. The molecule has 0 fully saturated rings. The van der Waals surface area contributed by atoms with Gasteiger partial charge in [0, 0.05) is 19.3 Å². The van der Waals surface area contributed by atoms with Gasteiger partial charge >= 0.3 is 11.9 Å². The average molecular weight is 796 g/mol. The van der Waals surface area contributed by atoms with Gasteiger partial charge in [-0.05, 0) is 70.3 Å². The van der Waals surface area contributed by atoms with Crippen LogP contribution >= 0.6 is 7.82 Å². The molecule has 55 heavy (non-hydrogen) atoms. The number of carbonyl (C=O) groups excluding carboxylic acids is 3. The van der Waals surface area contributed by atoms with Gasteiger partial charge in [0.1, 0.15) is 19.8 Å². The van der Waals surface area contributed by atoms with Crippen LogP contribution in [0, 0.1) is 0 Å². The number of phosphoric acid groups is 1. The molecule has 0 radical (unpaired) electrons. The Morgan fingerprint density at radius 3 is 1.75 bits per heavy atom. The highest BCUT2D eigenvalue weighted by Crippen LogP contribution is 2.38. The summed E-state index contributed by atoms with van der Waals surface area (Å²) in [6.45, 7) is 3.98. The van der Waals surface area contributed by atoms with E-state index in [2.05, 4.69) is 44.2 Å². The van der Waals surface area contributed by atoms with E-state index in [-0.39, 0.29) is 31.8 Å². The molecule has 0 saturated heterocycles. The Balaban J connectivity index is 4.50.